The van der Waals surface area contributed by atoms with Gasteiger partial charge >= 0.3 is 6.09 Å². The number of amides is 1. The highest BCUT2D eigenvalue weighted by Crippen LogP contribution is 2.32. The molecule has 1 aliphatic heterocycles. The molecule has 0 spiro atoms. The van der Waals surface area contributed by atoms with Crippen molar-refractivity contribution >= 4 is 22.7 Å². The van der Waals surface area contributed by atoms with E-state index in [2.05, 4.69) is 15.4 Å². The fourth-order valence-electron chi connectivity index (χ4n) is 4.34. The Morgan fingerprint density at radius 3 is 2.71 bits per heavy atom. The molecule has 1 aromatic carbocycles. The number of piperidine rings is 1. The number of fused-ring (bicyclic) bond motifs is 1. The van der Waals surface area contributed by atoms with E-state index >= 15 is 0 Å². The van der Waals surface area contributed by atoms with Gasteiger partial charge in [0.15, 0.2) is 5.82 Å². The van der Waals surface area contributed by atoms with Crippen LogP contribution in [0, 0.1) is 5.82 Å². The molecule has 0 bridgehead atoms. The minimum atomic E-state index is -2.95. The van der Waals surface area contributed by atoms with Crippen molar-refractivity contribution in [1.29, 1.82) is 0 Å². The Bertz CT molecular complexity index is 1300. The lowest BCUT2D eigenvalue weighted by Crippen LogP contribution is -2.38. The Hall–Kier alpha value is -3.63. The Labute approximate surface area is 193 Å². The standard InChI is InChI=1S/C23H24F3N5O3/c1-12(14-6-3-7-15(19(14)24)20(25)26)28-21-16-9-18(13-5-4-8-31(11-13)23(33)34)27-10-17(16)22(32)30(2)29-21/h3,6-7,9-10,12-13,20H,4-5,8,11H2,1-2H3,(H,28,29)(H,33,34)/t12-,13?/m1/s1. The number of aryl methyl sites for hydroxylation is 1. The number of benzene rings is 1. The number of carboxylic acid groups (broad SMARTS) is 1. The number of aromatic nitrogens is 3. The number of alkyl halides is 2. The smallest absolute Gasteiger partial charge is 0.407 e. The summed E-state index contributed by atoms with van der Waals surface area (Å²) in [4.78, 5) is 29.8. The number of anilines is 1. The van der Waals surface area contributed by atoms with Gasteiger partial charge in [0.1, 0.15) is 5.82 Å². The summed E-state index contributed by atoms with van der Waals surface area (Å²) >= 11 is 0. The number of hydrogen-bond acceptors (Lipinski definition) is 5. The molecule has 3 heterocycles. The Morgan fingerprint density at radius 2 is 2.00 bits per heavy atom. The SMILES string of the molecule is C[C@@H](Nc1nn(C)c(=O)c2cnc(C3CCCN(C(=O)O)C3)cc12)c1cccc(C(F)F)c1F. The van der Waals surface area contributed by atoms with Crippen molar-refractivity contribution in [2.75, 3.05) is 18.4 Å². The van der Waals surface area contributed by atoms with Crippen molar-refractivity contribution in [2.24, 2.45) is 7.05 Å². The number of likely N-dealkylation sites (tertiary alicyclic amines) is 1. The fraction of sp³-hybridized carbons (Fsp3) is 0.391. The number of hydrogen-bond donors (Lipinski definition) is 2. The molecule has 1 fully saturated rings. The maximum absolute atomic E-state index is 14.7. The summed E-state index contributed by atoms with van der Waals surface area (Å²) < 4.78 is 42.1. The van der Waals surface area contributed by atoms with Crippen LogP contribution in [-0.2, 0) is 7.05 Å². The maximum atomic E-state index is 14.7. The summed E-state index contributed by atoms with van der Waals surface area (Å²) in [5.41, 5.74) is -0.402. The van der Waals surface area contributed by atoms with E-state index in [-0.39, 0.29) is 34.8 Å². The molecule has 4 rings (SSSR count). The molecular weight excluding hydrogens is 451 g/mol. The highest BCUT2D eigenvalue weighted by molar-refractivity contribution is 5.91. The molecule has 0 aliphatic carbocycles. The minimum Gasteiger partial charge on any atom is -0.465 e. The van der Waals surface area contributed by atoms with E-state index in [1.807, 2.05) is 0 Å². The molecule has 11 heteroatoms. The number of pyridine rings is 1. The second-order valence-electron chi connectivity index (χ2n) is 8.42. The molecule has 3 aromatic rings. The molecule has 180 valence electrons. The summed E-state index contributed by atoms with van der Waals surface area (Å²) in [6.45, 7) is 2.35. The zero-order chi connectivity index (χ0) is 24.6. The summed E-state index contributed by atoms with van der Waals surface area (Å²) in [6, 6.07) is 4.78. The highest BCUT2D eigenvalue weighted by Gasteiger charge is 2.26. The molecule has 8 nitrogen and oxygen atoms in total. The largest absolute Gasteiger partial charge is 0.465 e. The van der Waals surface area contributed by atoms with Crippen LogP contribution in [0.4, 0.5) is 23.8 Å². The second kappa shape index (κ2) is 9.32. The average Bonchev–Trinajstić information content (AvgIpc) is 2.82. The van der Waals surface area contributed by atoms with Gasteiger partial charge in [-0.15, -0.1) is 0 Å². The van der Waals surface area contributed by atoms with Crippen LogP contribution >= 0.6 is 0 Å². The van der Waals surface area contributed by atoms with Gasteiger partial charge in [0.05, 0.1) is 17.0 Å². The van der Waals surface area contributed by atoms with E-state index < -0.39 is 29.9 Å². The van der Waals surface area contributed by atoms with Gasteiger partial charge in [0, 0.05) is 48.9 Å². The van der Waals surface area contributed by atoms with Gasteiger partial charge in [-0.25, -0.2) is 22.6 Å². The van der Waals surface area contributed by atoms with Crippen LogP contribution in [0.25, 0.3) is 10.8 Å². The first kappa shape index (κ1) is 23.5. The second-order valence-corrected chi connectivity index (χ2v) is 8.42. The van der Waals surface area contributed by atoms with E-state index in [4.69, 9.17) is 0 Å². The number of nitrogens with zero attached hydrogens (tertiary/aromatic N) is 4. The average molecular weight is 475 g/mol. The van der Waals surface area contributed by atoms with Crippen LogP contribution in [0.5, 0.6) is 0 Å². The third-order valence-electron chi connectivity index (χ3n) is 6.18. The first-order valence-corrected chi connectivity index (χ1v) is 10.8. The molecule has 34 heavy (non-hydrogen) atoms. The number of halogens is 3. The van der Waals surface area contributed by atoms with Crippen molar-refractivity contribution in [3.05, 3.63) is 63.5 Å². The fourth-order valence-corrected chi connectivity index (χ4v) is 4.34. The van der Waals surface area contributed by atoms with E-state index in [1.165, 1.54) is 30.3 Å². The molecule has 2 N–H and O–H groups in total. The first-order valence-electron chi connectivity index (χ1n) is 10.8. The quantitative estimate of drug-likeness (QED) is 0.566. The Morgan fingerprint density at radius 1 is 1.26 bits per heavy atom. The van der Waals surface area contributed by atoms with Crippen molar-refractivity contribution < 1.29 is 23.1 Å². The third-order valence-corrected chi connectivity index (χ3v) is 6.18. The normalized spacial score (nSPS) is 17.2. The van der Waals surface area contributed by atoms with Gasteiger partial charge in [0.2, 0.25) is 0 Å². The van der Waals surface area contributed by atoms with Crippen LogP contribution in [0.15, 0.2) is 35.3 Å². The number of carbonyl (C=O) groups is 1. The summed E-state index contributed by atoms with van der Waals surface area (Å²) in [7, 11) is 1.47. The maximum Gasteiger partial charge on any atom is 0.407 e. The predicted octanol–water partition coefficient (Wildman–Crippen LogP) is 4.44. The van der Waals surface area contributed by atoms with Gasteiger partial charge in [-0.2, -0.15) is 5.10 Å². The van der Waals surface area contributed by atoms with Crippen LogP contribution in [0.2, 0.25) is 0 Å². The topological polar surface area (TPSA) is 100 Å². The molecule has 1 saturated heterocycles. The molecule has 0 saturated carbocycles. The molecule has 0 radical (unpaired) electrons. The zero-order valence-corrected chi connectivity index (χ0v) is 18.6. The van der Waals surface area contributed by atoms with Crippen molar-refractivity contribution in [3.8, 4) is 0 Å². The Balaban J connectivity index is 1.73. The predicted molar refractivity (Wildman–Crippen MR) is 120 cm³/mol. The lowest BCUT2D eigenvalue weighted by molar-refractivity contribution is 0.130. The van der Waals surface area contributed by atoms with E-state index in [1.54, 1.807) is 13.0 Å². The molecule has 2 atom stereocenters. The zero-order valence-electron chi connectivity index (χ0n) is 18.6. The van der Waals surface area contributed by atoms with Gasteiger partial charge < -0.3 is 15.3 Å². The van der Waals surface area contributed by atoms with Gasteiger partial charge in [-0.3, -0.25) is 9.78 Å². The number of rotatable bonds is 5. The van der Waals surface area contributed by atoms with Crippen molar-refractivity contribution in [3.63, 3.8) is 0 Å². The first-order chi connectivity index (χ1) is 16.2. The number of nitrogens with one attached hydrogen (secondary N) is 1. The Kier molecular flexibility index (Phi) is 6.45. The molecular formula is C23H24F3N5O3. The lowest BCUT2D eigenvalue weighted by Gasteiger charge is -2.30. The third kappa shape index (κ3) is 4.42. The molecule has 2 aromatic heterocycles. The lowest BCUT2D eigenvalue weighted by atomic mass is 9.93. The highest BCUT2D eigenvalue weighted by atomic mass is 19.3. The van der Waals surface area contributed by atoms with Crippen LogP contribution in [-0.4, -0.2) is 44.0 Å². The minimum absolute atomic E-state index is 0.0419. The summed E-state index contributed by atoms with van der Waals surface area (Å²) in [5, 5.41) is 17.4. The summed E-state index contributed by atoms with van der Waals surface area (Å²) in [5.74, 6) is -0.880. The van der Waals surface area contributed by atoms with Crippen LogP contribution in [0.3, 0.4) is 0 Å². The van der Waals surface area contributed by atoms with Gasteiger partial charge in [-0.05, 0) is 25.8 Å². The van der Waals surface area contributed by atoms with E-state index in [0.29, 0.717) is 24.0 Å². The van der Waals surface area contributed by atoms with Gasteiger partial charge in [-0.1, -0.05) is 18.2 Å². The van der Waals surface area contributed by atoms with Crippen molar-refractivity contribution in [1.82, 2.24) is 19.7 Å². The molecule has 1 amide bonds. The van der Waals surface area contributed by atoms with Crippen LogP contribution in [0.1, 0.15) is 55.0 Å². The van der Waals surface area contributed by atoms with E-state index in [9.17, 15) is 27.9 Å². The molecule has 1 unspecified atom stereocenters. The molecule has 1 aliphatic rings. The van der Waals surface area contributed by atoms with Crippen LogP contribution < -0.4 is 10.9 Å². The monoisotopic (exact) mass is 475 g/mol. The van der Waals surface area contributed by atoms with Gasteiger partial charge in [0.25, 0.3) is 12.0 Å². The van der Waals surface area contributed by atoms with E-state index in [0.717, 1.165) is 17.2 Å². The van der Waals surface area contributed by atoms with Crippen molar-refractivity contribution in [2.45, 2.75) is 38.2 Å². The summed E-state index contributed by atoms with van der Waals surface area (Å²) in [6.07, 6.45) is -1.08.